The molecule has 2 rings (SSSR count). The Labute approximate surface area is 108 Å². The molecular formula is C14H20N2O2. The Morgan fingerprint density at radius 3 is 2.33 bits per heavy atom. The van der Waals surface area contributed by atoms with Gasteiger partial charge in [-0.3, -0.25) is 4.79 Å². The fourth-order valence-corrected chi connectivity index (χ4v) is 2.12. The third-order valence-corrected chi connectivity index (χ3v) is 3.55. The van der Waals surface area contributed by atoms with E-state index in [-0.39, 0.29) is 5.91 Å². The number of aliphatic hydroxyl groups is 1. The van der Waals surface area contributed by atoms with Crippen LogP contribution in [-0.4, -0.2) is 48.7 Å². The van der Waals surface area contributed by atoms with Crippen molar-refractivity contribution in [3.8, 4) is 0 Å². The second-order valence-corrected chi connectivity index (χ2v) is 5.18. The van der Waals surface area contributed by atoms with Gasteiger partial charge in [-0.05, 0) is 30.7 Å². The molecule has 1 aliphatic heterocycles. The minimum Gasteiger partial charge on any atom is -0.386 e. The molecule has 0 bridgehead atoms. The quantitative estimate of drug-likeness (QED) is 0.878. The molecule has 18 heavy (non-hydrogen) atoms. The van der Waals surface area contributed by atoms with Gasteiger partial charge in [-0.1, -0.05) is 6.92 Å². The van der Waals surface area contributed by atoms with Crippen molar-refractivity contribution in [2.45, 2.75) is 18.9 Å². The zero-order chi connectivity index (χ0) is 13.3. The summed E-state index contributed by atoms with van der Waals surface area (Å²) in [6, 6.07) is 7.53. The van der Waals surface area contributed by atoms with Gasteiger partial charge >= 0.3 is 0 Å². The lowest BCUT2D eigenvalue weighted by Crippen LogP contribution is -2.63. The van der Waals surface area contributed by atoms with Gasteiger partial charge < -0.3 is 14.9 Å². The van der Waals surface area contributed by atoms with Gasteiger partial charge in [-0.25, -0.2) is 0 Å². The lowest BCUT2D eigenvalue weighted by atomic mass is 9.90. The molecule has 1 aliphatic rings. The summed E-state index contributed by atoms with van der Waals surface area (Å²) >= 11 is 0. The van der Waals surface area contributed by atoms with E-state index in [1.807, 2.05) is 50.2 Å². The van der Waals surface area contributed by atoms with Crippen LogP contribution < -0.4 is 4.90 Å². The molecule has 98 valence electrons. The van der Waals surface area contributed by atoms with E-state index in [4.69, 9.17) is 0 Å². The van der Waals surface area contributed by atoms with Gasteiger partial charge in [0.2, 0.25) is 0 Å². The van der Waals surface area contributed by atoms with Crippen molar-refractivity contribution in [3.63, 3.8) is 0 Å². The van der Waals surface area contributed by atoms with Crippen molar-refractivity contribution < 1.29 is 9.90 Å². The lowest BCUT2D eigenvalue weighted by molar-refractivity contribution is -0.0826. The fourth-order valence-electron chi connectivity index (χ4n) is 2.12. The number of likely N-dealkylation sites (tertiary alicyclic amines) is 1. The third kappa shape index (κ3) is 2.34. The molecule has 1 aromatic rings. The van der Waals surface area contributed by atoms with Crippen molar-refractivity contribution >= 4 is 11.6 Å². The summed E-state index contributed by atoms with van der Waals surface area (Å²) in [6.07, 6.45) is 0.691. The van der Waals surface area contributed by atoms with Crippen LogP contribution in [0.3, 0.4) is 0 Å². The molecular weight excluding hydrogens is 228 g/mol. The Balaban J connectivity index is 2.02. The van der Waals surface area contributed by atoms with Crippen molar-refractivity contribution in [2.24, 2.45) is 0 Å². The van der Waals surface area contributed by atoms with Crippen LogP contribution >= 0.6 is 0 Å². The molecule has 1 fully saturated rings. The van der Waals surface area contributed by atoms with E-state index in [1.54, 1.807) is 4.90 Å². The van der Waals surface area contributed by atoms with Gasteiger partial charge in [-0.2, -0.15) is 0 Å². The second-order valence-electron chi connectivity index (χ2n) is 5.18. The number of anilines is 1. The summed E-state index contributed by atoms with van der Waals surface area (Å²) in [4.78, 5) is 15.8. The first-order valence-electron chi connectivity index (χ1n) is 6.24. The summed E-state index contributed by atoms with van der Waals surface area (Å²) in [7, 11) is 3.93. The fraction of sp³-hybridized carbons (Fsp3) is 0.500. The van der Waals surface area contributed by atoms with Crippen molar-refractivity contribution in [1.29, 1.82) is 0 Å². The lowest BCUT2D eigenvalue weighted by Gasteiger charge is -2.46. The predicted octanol–water partition coefficient (Wildman–Crippen LogP) is 1.35. The molecule has 0 spiro atoms. The van der Waals surface area contributed by atoms with Gasteiger partial charge in [-0.15, -0.1) is 0 Å². The standard InChI is InChI=1S/C14H20N2O2/c1-4-14(18)9-16(10-14)13(17)11-5-7-12(8-6-11)15(2)3/h5-8,18H,4,9-10H2,1-3H3. The first-order chi connectivity index (χ1) is 8.45. The van der Waals surface area contributed by atoms with E-state index in [2.05, 4.69) is 0 Å². The second kappa shape index (κ2) is 4.61. The van der Waals surface area contributed by atoms with E-state index >= 15 is 0 Å². The first-order valence-corrected chi connectivity index (χ1v) is 6.24. The number of β-amino-alcohol motifs (C(OH)–C–C–N with tert-alkyl or cyclic N) is 1. The van der Waals surface area contributed by atoms with Gasteiger partial charge in [0.25, 0.3) is 5.91 Å². The summed E-state index contributed by atoms with van der Waals surface area (Å²) in [5.74, 6) is -0.00145. The molecule has 0 unspecified atom stereocenters. The molecule has 0 radical (unpaired) electrons. The minimum atomic E-state index is -0.667. The Morgan fingerprint density at radius 2 is 1.89 bits per heavy atom. The van der Waals surface area contributed by atoms with Crippen LogP contribution in [0.15, 0.2) is 24.3 Å². The summed E-state index contributed by atoms with van der Waals surface area (Å²) in [5.41, 5.74) is 1.08. The molecule has 1 amide bonds. The van der Waals surface area contributed by atoms with E-state index in [1.165, 1.54) is 0 Å². The third-order valence-electron chi connectivity index (χ3n) is 3.55. The summed E-state index contributed by atoms with van der Waals surface area (Å²) in [5, 5.41) is 9.90. The van der Waals surface area contributed by atoms with Crippen molar-refractivity contribution in [3.05, 3.63) is 29.8 Å². The number of rotatable bonds is 3. The molecule has 0 aromatic heterocycles. The van der Waals surface area contributed by atoms with E-state index in [0.29, 0.717) is 25.1 Å². The van der Waals surface area contributed by atoms with Gasteiger partial charge in [0.1, 0.15) is 0 Å². The largest absolute Gasteiger partial charge is 0.386 e. The Bertz CT molecular complexity index is 434. The number of carbonyl (C=O) groups excluding carboxylic acids is 1. The SMILES string of the molecule is CCC1(O)CN(C(=O)c2ccc(N(C)C)cc2)C1. The maximum atomic E-state index is 12.1. The Hall–Kier alpha value is -1.55. The first kappa shape index (κ1) is 12.9. The zero-order valence-electron chi connectivity index (χ0n) is 11.2. The molecule has 0 saturated carbocycles. The van der Waals surface area contributed by atoms with Gasteiger partial charge in [0, 0.05) is 25.3 Å². The van der Waals surface area contributed by atoms with Crippen LogP contribution in [0, 0.1) is 0 Å². The molecule has 4 nitrogen and oxygen atoms in total. The molecule has 1 heterocycles. The minimum absolute atomic E-state index is 0.00145. The normalized spacial score (nSPS) is 17.2. The van der Waals surface area contributed by atoms with Crippen LogP contribution in [0.25, 0.3) is 0 Å². The molecule has 0 aliphatic carbocycles. The maximum Gasteiger partial charge on any atom is 0.254 e. The van der Waals surface area contributed by atoms with E-state index < -0.39 is 5.60 Å². The highest BCUT2D eigenvalue weighted by Crippen LogP contribution is 2.26. The molecule has 4 heteroatoms. The van der Waals surface area contributed by atoms with Crippen LogP contribution in [0.4, 0.5) is 5.69 Å². The molecule has 1 aromatic carbocycles. The van der Waals surface area contributed by atoms with Crippen molar-refractivity contribution in [1.82, 2.24) is 4.90 Å². The van der Waals surface area contributed by atoms with Crippen LogP contribution in [0.1, 0.15) is 23.7 Å². The average molecular weight is 248 g/mol. The van der Waals surface area contributed by atoms with E-state index in [0.717, 1.165) is 5.69 Å². The molecule has 1 N–H and O–H groups in total. The molecule has 1 saturated heterocycles. The Morgan fingerprint density at radius 1 is 1.33 bits per heavy atom. The number of benzene rings is 1. The number of amides is 1. The summed E-state index contributed by atoms with van der Waals surface area (Å²) in [6.45, 7) is 2.82. The molecule has 0 atom stereocenters. The maximum absolute atomic E-state index is 12.1. The van der Waals surface area contributed by atoms with Crippen LogP contribution in [-0.2, 0) is 0 Å². The topological polar surface area (TPSA) is 43.8 Å². The smallest absolute Gasteiger partial charge is 0.254 e. The number of hydrogen-bond donors (Lipinski definition) is 1. The monoisotopic (exact) mass is 248 g/mol. The highest BCUT2D eigenvalue weighted by molar-refractivity contribution is 5.95. The predicted molar refractivity (Wildman–Crippen MR) is 71.9 cm³/mol. The van der Waals surface area contributed by atoms with E-state index in [9.17, 15) is 9.90 Å². The summed E-state index contributed by atoms with van der Waals surface area (Å²) < 4.78 is 0. The Kier molecular flexibility index (Phi) is 3.30. The van der Waals surface area contributed by atoms with Gasteiger partial charge in [0.15, 0.2) is 0 Å². The van der Waals surface area contributed by atoms with Crippen LogP contribution in [0.2, 0.25) is 0 Å². The van der Waals surface area contributed by atoms with Crippen molar-refractivity contribution in [2.75, 3.05) is 32.1 Å². The number of nitrogens with zero attached hydrogens (tertiary/aromatic N) is 2. The van der Waals surface area contributed by atoms with Crippen LogP contribution in [0.5, 0.6) is 0 Å². The highest BCUT2D eigenvalue weighted by atomic mass is 16.3. The number of hydrogen-bond acceptors (Lipinski definition) is 3. The number of carbonyl (C=O) groups is 1. The average Bonchev–Trinajstić information content (AvgIpc) is 2.34. The van der Waals surface area contributed by atoms with Gasteiger partial charge in [0.05, 0.1) is 18.7 Å². The zero-order valence-corrected chi connectivity index (χ0v) is 11.2. The highest BCUT2D eigenvalue weighted by Gasteiger charge is 2.42.